The molecule has 0 spiro atoms. The summed E-state index contributed by atoms with van der Waals surface area (Å²) in [7, 11) is 1.58. The Labute approximate surface area is 131 Å². The molecule has 21 heavy (non-hydrogen) atoms. The van der Waals surface area contributed by atoms with Crippen LogP contribution >= 0.6 is 23.2 Å². The molecule has 0 saturated carbocycles. The van der Waals surface area contributed by atoms with Crippen LogP contribution in [0.3, 0.4) is 0 Å². The molecule has 2 aromatic carbocycles. The van der Waals surface area contributed by atoms with E-state index in [1.165, 1.54) is 0 Å². The van der Waals surface area contributed by atoms with Crippen molar-refractivity contribution in [3.63, 3.8) is 0 Å². The van der Waals surface area contributed by atoms with Crippen molar-refractivity contribution in [2.75, 3.05) is 7.11 Å². The second kappa shape index (κ2) is 5.43. The molecular weight excluding hydrogens is 309 g/mol. The number of ketones is 1. The molecule has 3 rings (SSSR count). The fraction of sp³-hybridized carbons (Fsp3) is 0.0625. The minimum absolute atomic E-state index is 0.135. The van der Waals surface area contributed by atoms with Gasteiger partial charge < -0.3 is 9.72 Å². The van der Waals surface area contributed by atoms with Crippen molar-refractivity contribution < 1.29 is 9.53 Å². The van der Waals surface area contributed by atoms with E-state index in [2.05, 4.69) is 4.98 Å². The highest BCUT2D eigenvalue weighted by atomic mass is 35.5. The van der Waals surface area contributed by atoms with Gasteiger partial charge in [-0.05, 0) is 30.3 Å². The number of aromatic amines is 1. The van der Waals surface area contributed by atoms with Crippen molar-refractivity contribution in [1.29, 1.82) is 0 Å². The lowest BCUT2D eigenvalue weighted by Crippen LogP contribution is -2.01. The maximum atomic E-state index is 12.7. The first-order chi connectivity index (χ1) is 10.1. The average Bonchev–Trinajstić information content (AvgIpc) is 2.93. The van der Waals surface area contributed by atoms with Gasteiger partial charge in [0, 0.05) is 17.3 Å². The fourth-order valence-corrected chi connectivity index (χ4v) is 2.59. The number of hydrogen-bond acceptors (Lipinski definition) is 2. The summed E-state index contributed by atoms with van der Waals surface area (Å²) in [6.07, 6.45) is 1.68. The van der Waals surface area contributed by atoms with Crippen molar-refractivity contribution in [3.8, 4) is 5.75 Å². The highest BCUT2D eigenvalue weighted by molar-refractivity contribution is 6.42. The van der Waals surface area contributed by atoms with E-state index in [1.807, 2.05) is 18.2 Å². The summed E-state index contributed by atoms with van der Waals surface area (Å²) in [6.45, 7) is 0. The lowest BCUT2D eigenvalue weighted by Gasteiger charge is -2.05. The Hall–Kier alpha value is -1.97. The Morgan fingerprint density at radius 3 is 2.67 bits per heavy atom. The molecule has 1 heterocycles. The highest BCUT2D eigenvalue weighted by Gasteiger charge is 2.17. The first-order valence-corrected chi connectivity index (χ1v) is 7.01. The number of carbonyl (C=O) groups is 1. The lowest BCUT2D eigenvalue weighted by atomic mass is 10.0. The number of benzene rings is 2. The van der Waals surface area contributed by atoms with Crippen molar-refractivity contribution >= 4 is 39.9 Å². The molecule has 3 nitrogen and oxygen atoms in total. The zero-order chi connectivity index (χ0) is 15.0. The molecule has 0 aliphatic rings. The lowest BCUT2D eigenvalue weighted by molar-refractivity contribution is 0.104. The third kappa shape index (κ3) is 2.39. The third-order valence-electron chi connectivity index (χ3n) is 3.31. The highest BCUT2D eigenvalue weighted by Crippen LogP contribution is 2.31. The first-order valence-electron chi connectivity index (χ1n) is 6.25. The maximum absolute atomic E-state index is 12.7. The van der Waals surface area contributed by atoms with E-state index in [9.17, 15) is 4.79 Å². The number of fused-ring (bicyclic) bond motifs is 1. The Kier molecular flexibility index (Phi) is 3.62. The Balaban J connectivity index is 2.15. The normalized spacial score (nSPS) is 10.8. The summed E-state index contributed by atoms with van der Waals surface area (Å²) in [5.41, 5.74) is 1.87. The van der Waals surface area contributed by atoms with Crippen molar-refractivity contribution in [3.05, 3.63) is 63.8 Å². The number of halogens is 2. The molecule has 0 radical (unpaired) electrons. The van der Waals surface area contributed by atoms with Gasteiger partial charge in [0.05, 0.1) is 28.1 Å². The molecule has 0 fully saturated rings. The van der Waals surface area contributed by atoms with Crippen LogP contribution in [0, 0.1) is 0 Å². The predicted octanol–water partition coefficient (Wildman–Crippen LogP) is 4.71. The van der Waals surface area contributed by atoms with Crippen LogP contribution in [0.15, 0.2) is 42.6 Å². The van der Waals surface area contributed by atoms with Gasteiger partial charge in [0.25, 0.3) is 0 Å². The van der Waals surface area contributed by atoms with E-state index < -0.39 is 0 Å². The van der Waals surface area contributed by atoms with Gasteiger partial charge in [0.15, 0.2) is 5.78 Å². The molecule has 0 aliphatic carbocycles. The predicted molar refractivity (Wildman–Crippen MR) is 84.7 cm³/mol. The molecule has 1 aromatic heterocycles. The van der Waals surface area contributed by atoms with Crippen LogP contribution in [0.2, 0.25) is 10.0 Å². The number of nitrogens with one attached hydrogen (secondary N) is 1. The summed E-state index contributed by atoms with van der Waals surface area (Å²) in [5.74, 6) is 0.515. The fourth-order valence-electron chi connectivity index (χ4n) is 2.29. The summed E-state index contributed by atoms with van der Waals surface area (Å²) < 4.78 is 5.34. The summed E-state index contributed by atoms with van der Waals surface area (Å²) in [4.78, 5) is 15.8. The van der Waals surface area contributed by atoms with Crippen molar-refractivity contribution in [2.45, 2.75) is 0 Å². The van der Waals surface area contributed by atoms with Gasteiger partial charge in [-0.3, -0.25) is 4.79 Å². The molecule has 0 amide bonds. The number of carbonyl (C=O) groups excluding carboxylic acids is 1. The zero-order valence-corrected chi connectivity index (χ0v) is 12.6. The minimum Gasteiger partial charge on any atom is -0.496 e. The van der Waals surface area contributed by atoms with Crippen LogP contribution in [-0.2, 0) is 0 Å². The molecule has 0 unspecified atom stereocenters. The second-order valence-corrected chi connectivity index (χ2v) is 5.36. The van der Waals surface area contributed by atoms with Gasteiger partial charge >= 0.3 is 0 Å². The second-order valence-electron chi connectivity index (χ2n) is 4.54. The molecule has 1 N–H and O–H groups in total. The van der Waals surface area contributed by atoms with Gasteiger partial charge in [0.2, 0.25) is 0 Å². The molecule has 0 saturated heterocycles. The Bertz CT molecular complexity index is 839. The van der Waals surface area contributed by atoms with E-state index in [0.29, 0.717) is 26.9 Å². The topological polar surface area (TPSA) is 42.1 Å². The molecule has 0 atom stereocenters. The van der Waals surface area contributed by atoms with Crippen LogP contribution in [0.4, 0.5) is 0 Å². The largest absolute Gasteiger partial charge is 0.496 e. The number of rotatable bonds is 3. The van der Waals surface area contributed by atoms with Gasteiger partial charge in [-0.2, -0.15) is 0 Å². The standard InChI is InChI=1S/C16H11Cl2NO2/c1-21-14-4-2-3-13-15(14)10(8-19-13)16(20)9-5-6-11(17)12(18)7-9/h2-8,19H,1H3. The van der Waals surface area contributed by atoms with Crippen LogP contribution in [-0.4, -0.2) is 17.9 Å². The van der Waals surface area contributed by atoms with Gasteiger partial charge in [-0.25, -0.2) is 0 Å². The molecule has 0 aliphatic heterocycles. The minimum atomic E-state index is -0.135. The average molecular weight is 320 g/mol. The smallest absolute Gasteiger partial charge is 0.195 e. The summed E-state index contributed by atoms with van der Waals surface area (Å²) in [6, 6.07) is 10.4. The van der Waals surface area contributed by atoms with Crippen LogP contribution < -0.4 is 4.74 Å². The molecule has 0 bridgehead atoms. The number of methoxy groups -OCH3 is 1. The van der Waals surface area contributed by atoms with Crippen molar-refractivity contribution in [2.24, 2.45) is 0 Å². The van der Waals surface area contributed by atoms with Gasteiger partial charge in [-0.1, -0.05) is 29.3 Å². The maximum Gasteiger partial charge on any atom is 0.195 e. The molecule has 106 valence electrons. The number of ether oxygens (including phenoxy) is 1. The number of H-pyrrole nitrogens is 1. The molecular formula is C16H11Cl2NO2. The molecule has 5 heteroatoms. The van der Waals surface area contributed by atoms with E-state index in [0.717, 1.165) is 10.9 Å². The monoisotopic (exact) mass is 319 g/mol. The number of hydrogen-bond donors (Lipinski definition) is 1. The molecule has 3 aromatic rings. The summed E-state index contributed by atoms with van der Waals surface area (Å²) in [5, 5.41) is 1.54. The first kappa shape index (κ1) is 14.0. The van der Waals surface area contributed by atoms with Crippen LogP contribution in [0.25, 0.3) is 10.9 Å². The quantitative estimate of drug-likeness (QED) is 0.710. The van der Waals surface area contributed by atoms with Gasteiger partial charge in [0.1, 0.15) is 5.75 Å². The van der Waals surface area contributed by atoms with Crippen molar-refractivity contribution in [1.82, 2.24) is 4.98 Å². The zero-order valence-electron chi connectivity index (χ0n) is 11.1. The van der Waals surface area contributed by atoms with E-state index in [4.69, 9.17) is 27.9 Å². The van der Waals surface area contributed by atoms with E-state index in [1.54, 1.807) is 31.5 Å². The van der Waals surface area contributed by atoms with E-state index >= 15 is 0 Å². The summed E-state index contributed by atoms with van der Waals surface area (Å²) >= 11 is 11.9. The van der Waals surface area contributed by atoms with Crippen LogP contribution in [0.5, 0.6) is 5.75 Å². The SMILES string of the molecule is COc1cccc2[nH]cc(C(=O)c3ccc(Cl)c(Cl)c3)c12. The van der Waals surface area contributed by atoms with E-state index in [-0.39, 0.29) is 5.78 Å². The Morgan fingerprint density at radius 2 is 1.95 bits per heavy atom. The number of aromatic nitrogens is 1. The van der Waals surface area contributed by atoms with Crippen LogP contribution in [0.1, 0.15) is 15.9 Å². The van der Waals surface area contributed by atoms with Gasteiger partial charge in [-0.15, -0.1) is 0 Å². The third-order valence-corrected chi connectivity index (χ3v) is 4.05. The Morgan fingerprint density at radius 1 is 1.14 bits per heavy atom.